The summed E-state index contributed by atoms with van der Waals surface area (Å²) >= 11 is 1.75. The Morgan fingerprint density at radius 3 is 2.48 bits per heavy atom. The molecule has 5 nitrogen and oxygen atoms in total. The Morgan fingerprint density at radius 2 is 1.89 bits per heavy atom. The van der Waals surface area contributed by atoms with E-state index in [-0.39, 0.29) is 17.9 Å². The van der Waals surface area contributed by atoms with Crippen LogP contribution in [0.3, 0.4) is 0 Å². The molecule has 2 amide bonds. The van der Waals surface area contributed by atoms with E-state index in [9.17, 15) is 9.59 Å². The monoisotopic (exact) mass is 385 g/mol. The normalized spacial score (nSPS) is 16.7. The number of nitrogens with zero attached hydrogens (tertiary/aromatic N) is 1. The molecule has 0 aliphatic carbocycles. The van der Waals surface area contributed by atoms with Gasteiger partial charge in [-0.2, -0.15) is 0 Å². The Hall–Kier alpha value is -2.18. The third-order valence-corrected chi connectivity index (χ3v) is 6.03. The van der Waals surface area contributed by atoms with Crippen molar-refractivity contribution < 1.29 is 9.59 Å². The van der Waals surface area contributed by atoms with Crippen molar-refractivity contribution in [2.45, 2.75) is 32.7 Å². The van der Waals surface area contributed by atoms with Crippen molar-refractivity contribution in [2.24, 2.45) is 5.92 Å². The van der Waals surface area contributed by atoms with Crippen molar-refractivity contribution in [3.05, 3.63) is 52.2 Å². The molecule has 1 atom stereocenters. The van der Waals surface area contributed by atoms with Gasteiger partial charge in [0.05, 0.1) is 6.04 Å². The van der Waals surface area contributed by atoms with Gasteiger partial charge in [-0.15, -0.1) is 11.3 Å². The minimum atomic E-state index is -0.123. The molecule has 0 radical (unpaired) electrons. The molecule has 2 heterocycles. The van der Waals surface area contributed by atoms with Gasteiger partial charge in [0.2, 0.25) is 5.91 Å². The highest BCUT2D eigenvalue weighted by atomic mass is 32.1. The zero-order valence-corrected chi connectivity index (χ0v) is 16.7. The topological polar surface area (TPSA) is 61.4 Å². The van der Waals surface area contributed by atoms with Crippen LogP contribution in [0.25, 0.3) is 0 Å². The van der Waals surface area contributed by atoms with E-state index in [1.807, 2.05) is 0 Å². The van der Waals surface area contributed by atoms with Crippen LogP contribution in [0.5, 0.6) is 0 Å². The van der Waals surface area contributed by atoms with E-state index in [0.29, 0.717) is 17.8 Å². The number of piperidine rings is 1. The van der Waals surface area contributed by atoms with Crippen LogP contribution in [0, 0.1) is 5.92 Å². The summed E-state index contributed by atoms with van der Waals surface area (Å²) in [4.78, 5) is 27.5. The highest BCUT2D eigenvalue weighted by molar-refractivity contribution is 7.10. The Bertz CT molecular complexity index is 750. The van der Waals surface area contributed by atoms with E-state index >= 15 is 0 Å². The quantitative estimate of drug-likeness (QED) is 0.792. The van der Waals surface area contributed by atoms with Crippen molar-refractivity contribution in [1.29, 1.82) is 0 Å². The molecule has 1 aromatic heterocycles. The van der Waals surface area contributed by atoms with E-state index in [0.717, 1.165) is 19.0 Å². The van der Waals surface area contributed by atoms with E-state index in [2.05, 4.69) is 40.0 Å². The first-order chi connectivity index (χ1) is 13.0. The third-order valence-electron chi connectivity index (χ3n) is 5.05. The molecule has 0 bridgehead atoms. The lowest BCUT2D eigenvalue weighted by Crippen LogP contribution is -2.41. The molecule has 3 rings (SSSR count). The zero-order chi connectivity index (χ0) is 19.2. The number of nitrogens with one attached hydrogen (secondary N) is 2. The SMILES string of the molecule is CC(=O)Nc1ccc(C(=O)NC[C@H](c2cccs2)N2CCC(C)CC2)cc1. The lowest BCUT2D eigenvalue weighted by molar-refractivity contribution is -0.114. The maximum atomic E-state index is 12.6. The van der Waals surface area contributed by atoms with Gasteiger partial charge in [-0.1, -0.05) is 13.0 Å². The molecular weight excluding hydrogens is 358 g/mol. The van der Waals surface area contributed by atoms with E-state index in [1.165, 1.54) is 24.6 Å². The minimum Gasteiger partial charge on any atom is -0.350 e. The Balaban J connectivity index is 1.62. The summed E-state index contributed by atoms with van der Waals surface area (Å²) in [5, 5.41) is 7.90. The number of hydrogen-bond donors (Lipinski definition) is 2. The molecule has 6 heteroatoms. The first-order valence-electron chi connectivity index (χ1n) is 9.46. The second-order valence-corrected chi connectivity index (χ2v) is 8.20. The highest BCUT2D eigenvalue weighted by Gasteiger charge is 2.25. The predicted molar refractivity (Wildman–Crippen MR) is 110 cm³/mol. The van der Waals surface area contributed by atoms with Gasteiger partial charge in [-0.3, -0.25) is 14.5 Å². The van der Waals surface area contributed by atoms with Gasteiger partial charge >= 0.3 is 0 Å². The smallest absolute Gasteiger partial charge is 0.251 e. The number of anilines is 1. The van der Waals surface area contributed by atoms with E-state index < -0.39 is 0 Å². The molecular formula is C21H27N3O2S. The molecule has 2 aromatic rings. The van der Waals surface area contributed by atoms with Crippen LogP contribution in [0.15, 0.2) is 41.8 Å². The Labute approximate surface area is 164 Å². The summed E-state index contributed by atoms with van der Waals surface area (Å²) in [5.74, 6) is 0.570. The van der Waals surface area contributed by atoms with Gasteiger partial charge in [0.1, 0.15) is 0 Å². The molecule has 1 fully saturated rings. The minimum absolute atomic E-state index is 0.0868. The van der Waals surface area contributed by atoms with Crippen LogP contribution < -0.4 is 10.6 Å². The largest absolute Gasteiger partial charge is 0.350 e. The molecule has 0 unspecified atom stereocenters. The van der Waals surface area contributed by atoms with Gasteiger partial charge < -0.3 is 10.6 Å². The Morgan fingerprint density at radius 1 is 1.19 bits per heavy atom. The number of thiophene rings is 1. The summed E-state index contributed by atoms with van der Waals surface area (Å²) in [6, 6.07) is 11.4. The van der Waals surface area contributed by atoms with Crippen LogP contribution in [0.1, 0.15) is 48.0 Å². The molecule has 1 aliphatic heterocycles. The highest BCUT2D eigenvalue weighted by Crippen LogP contribution is 2.29. The fraction of sp³-hybridized carbons (Fsp3) is 0.429. The summed E-state index contributed by atoms with van der Waals surface area (Å²) < 4.78 is 0. The van der Waals surface area contributed by atoms with Crippen LogP contribution in [-0.4, -0.2) is 36.3 Å². The third kappa shape index (κ3) is 5.40. The second-order valence-electron chi connectivity index (χ2n) is 7.22. The lowest BCUT2D eigenvalue weighted by Gasteiger charge is -2.36. The van der Waals surface area contributed by atoms with Gasteiger partial charge in [-0.05, 0) is 67.6 Å². The first-order valence-corrected chi connectivity index (χ1v) is 10.3. The molecule has 1 aromatic carbocycles. The first kappa shape index (κ1) is 19.6. The van der Waals surface area contributed by atoms with Crippen molar-refractivity contribution >= 4 is 28.8 Å². The predicted octanol–water partition coefficient (Wildman–Crippen LogP) is 3.91. The van der Waals surface area contributed by atoms with Crippen LogP contribution in [0.4, 0.5) is 5.69 Å². The number of carbonyl (C=O) groups is 2. The van der Waals surface area contributed by atoms with Crippen molar-refractivity contribution in [2.75, 3.05) is 25.0 Å². The standard InChI is InChI=1S/C21H27N3O2S/c1-15-9-11-24(12-10-15)19(20-4-3-13-27-20)14-22-21(26)17-5-7-18(8-6-17)23-16(2)25/h3-8,13,15,19H,9-12,14H2,1-2H3,(H,22,26)(H,23,25)/t19-/m1/s1. The van der Waals surface area contributed by atoms with Gasteiger partial charge in [0.15, 0.2) is 0 Å². The molecule has 0 saturated carbocycles. The molecule has 1 aliphatic rings. The van der Waals surface area contributed by atoms with Gasteiger partial charge in [0, 0.05) is 29.6 Å². The van der Waals surface area contributed by atoms with Crippen molar-refractivity contribution in [3.8, 4) is 0 Å². The zero-order valence-electron chi connectivity index (χ0n) is 15.9. The number of benzene rings is 1. The van der Waals surface area contributed by atoms with Crippen LogP contribution in [0.2, 0.25) is 0 Å². The number of hydrogen-bond acceptors (Lipinski definition) is 4. The summed E-state index contributed by atoms with van der Waals surface area (Å²) in [6.45, 7) is 6.52. The summed E-state index contributed by atoms with van der Waals surface area (Å²) in [6.07, 6.45) is 2.42. The number of rotatable bonds is 6. The Kier molecular flexibility index (Phi) is 6.63. The number of likely N-dealkylation sites (tertiary alicyclic amines) is 1. The summed E-state index contributed by atoms with van der Waals surface area (Å²) in [7, 11) is 0. The fourth-order valence-electron chi connectivity index (χ4n) is 3.43. The second kappa shape index (κ2) is 9.15. The lowest BCUT2D eigenvalue weighted by atomic mass is 9.97. The molecule has 27 heavy (non-hydrogen) atoms. The fourth-order valence-corrected chi connectivity index (χ4v) is 4.29. The maximum absolute atomic E-state index is 12.6. The summed E-state index contributed by atoms with van der Waals surface area (Å²) in [5.41, 5.74) is 1.29. The van der Waals surface area contributed by atoms with Crippen molar-refractivity contribution in [1.82, 2.24) is 10.2 Å². The molecule has 2 N–H and O–H groups in total. The number of carbonyl (C=O) groups excluding carboxylic acids is 2. The molecule has 0 spiro atoms. The van der Waals surface area contributed by atoms with Crippen molar-refractivity contribution in [3.63, 3.8) is 0 Å². The van der Waals surface area contributed by atoms with E-state index in [4.69, 9.17) is 0 Å². The average Bonchev–Trinajstić information content (AvgIpc) is 3.18. The average molecular weight is 386 g/mol. The van der Waals surface area contributed by atoms with Gasteiger partial charge in [0.25, 0.3) is 5.91 Å². The van der Waals surface area contributed by atoms with E-state index in [1.54, 1.807) is 35.6 Å². The molecule has 1 saturated heterocycles. The molecule has 144 valence electrons. The maximum Gasteiger partial charge on any atom is 0.251 e. The van der Waals surface area contributed by atoms with Gasteiger partial charge in [-0.25, -0.2) is 0 Å². The number of amides is 2. The van der Waals surface area contributed by atoms with Crippen LogP contribution >= 0.6 is 11.3 Å². The van der Waals surface area contributed by atoms with Crippen LogP contribution in [-0.2, 0) is 4.79 Å².